The maximum atomic E-state index is 6.26. The maximum Gasteiger partial charge on any atom is 0.244 e. The molecule has 0 spiro atoms. The molecule has 0 heterocycles. The Morgan fingerprint density at radius 3 is 1.58 bits per heavy atom. The zero-order valence-corrected chi connectivity index (χ0v) is 17.4. The van der Waals surface area contributed by atoms with Gasteiger partial charge >= 0.3 is 0 Å². The molecule has 0 saturated heterocycles. The Morgan fingerprint density at radius 1 is 0.750 bits per heavy atom. The van der Waals surface area contributed by atoms with Crippen LogP contribution in [0.1, 0.15) is 11.1 Å². The van der Waals surface area contributed by atoms with E-state index in [1.807, 2.05) is 24.3 Å². The molecule has 0 fully saturated rings. The fourth-order valence-electron chi connectivity index (χ4n) is 3.27. The van der Waals surface area contributed by atoms with Crippen molar-refractivity contribution in [3.63, 3.8) is 0 Å². The normalized spacial score (nSPS) is 10.7. The Labute approximate surface area is 165 Å². The van der Waals surface area contributed by atoms with Crippen molar-refractivity contribution in [2.45, 2.75) is 13.8 Å². The highest BCUT2D eigenvalue weighted by Gasteiger charge is 2.28. The Kier molecular flexibility index (Phi) is 5.54. The van der Waals surface area contributed by atoms with Crippen LogP contribution in [0.25, 0.3) is 0 Å². The summed E-state index contributed by atoms with van der Waals surface area (Å²) < 4.78 is 2.22. The first-order valence-corrected chi connectivity index (χ1v) is 9.71. The fourth-order valence-corrected chi connectivity index (χ4v) is 4.63. The van der Waals surface area contributed by atoms with Crippen LogP contribution in [-0.2, 0) is 0 Å². The van der Waals surface area contributed by atoms with Crippen LogP contribution in [0, 0.1) is 13.8 Å². The summed E-state index contributed by atoms with van der Waals surface area (Å²) in [5.41, 5.74) is 6.21. The molecular weight excluding hydrogens is 446 g/mol. The first-order chi connectivity index (χ1) is 11.5. The number of rotatable bonds is 3. The third kappa shape index (κ3) is 3.49. The minimum atomic E-state index is 0.133. The molecule has 0 aliphatic carbocycles. The zero-order chi connectivity index (χ0) is 17.3. The van der Waals surface area contributed by atoms with Crippen LogP contribution >= 0.6 is 43.5 Å². The molecule has 0 aliphatic rings. The number of halogens is 3. The van der Waals surface area contributed by atoms with Crippen molar-refractivity contribution < 1.29 is 0 Å². The van der Waals surface area contributed by atoms with Crippen LogP contribution in [-0.4, -0.2) is 6.71 Å². The van der Waals surface area contributed by atoms with Gasteiger partial charge in [0.25, 0.3) is 0 Å². The third-order valence-electron chi connectivity index (χ3n) is 4.28. The first kappa shape index (κ1) is 17.8. The molecule has 0 aromatic heterocycles. The molecule has 3 aromatic carbocycles. The molecule has 0 nitrogen and oxygen atoms in total. The standard InChI is InChI=1S/C20H16BBr2Cl/c1-13-11-15(24)12-14(2)20(13)21(16-7-3-5-9-18(16)22)17-8-4-6-10-19(17)23/h3-12H,1-2H3. The molecule has 24 heavy (non-hydrogen) atoms. The van der Waals surface area contributed by atoms with E-state index >= 15 is 0 Å². The van der Waals surface area contributed by atoms with Gasteiger partial charge in [0.1, 0.15) is 0 Å². The molecule has 0 atom stereocenters. The lowest BCUT2D eigenvalue weighted by atomic mass is 9.35. The summed E-state index contributed by atoms with van der Waals surface area (Å²) in [5.74, 6) is 0. The van der Waals surface area contributed by atoms with Gasteiger partial charge in [-0.05, 0) is 38.1 Å². The molecule has 0 bridgehead atoms. The smallest absolute Gasteiger partial charge is 0.0843 e. The molecule has 0 amide bonds. The first-order valence-electron chi connectivity index (χ1n) is 7.74. The summed E-state index contributed by atoms with van der Waals surface area (Å²) in [6.07, 6.45) is 0. The van der Waals surface area contributed by atoms with E-state index in [0.717, 1.165) is 14.0 Å². The van der Waals surface area contributed by atoms with Crippen LogP contribution in [0.2, 0.25) is 5.02 Å². The predicted octanol–water partition coefficient (Wildman–Crippen LogP) is 5.00. The second kappa shape index (κ2) is 7.47. The highest BCUT2D eigenvalue weighted by molar-refractivity contribution is 9.11. The fraction of sp³-hybridized carbons (Fsp3) is 0.100. The molecule has 120 valence electrons. The van der Waals surface area contributed by atoms with Crippen LogP contribution in [0.3, 0.4) is 0 Å². The SMILES string of the molecule is Cc1cc(Cl)cc(C)c1B(c1ccccc1Br)c1ccccc1Br. The summed E-state index contributed by atoms with van der Waals surface area (Å²) in [4.78, 5) is 0. The minimum Gasteiger partial charge on any atom is -0.0843 e. The average Bonchev–Trinajstić information content (AvgIpc) is 2.52. The summed E-state index contributed by atoms with van der Waals surface area (Å²) in [6, 6.07) is 20.9. The van der Waals surface area contributed by atoms with Gasteiger partial charge in [0, 0.05) is 14.0 Å². The molecule has 0 unspecified atom stereocenters. The molecule has 0 saturated carbocycles. The Hall–Kier alpha value is -1.03. The van der Waals surface area contributed by atoms with Crippen molar-refractivity contribution in [2.24, 2.45) is 0 Å². The largest absolute Gasteiger partial charge is 0.244 e. The van der Waals surface area contributed by atoms with Crippen molar-refractivity contribution in [1.29, 1.82) is 0 Å². The topological polar surface area (TPSA) is 0 Å². The van der Waals surface area contributed by atoms with Crippen LogP contribution < -0.4 is 16.4 Å². The Bertz CT molecular complexity index is 824. The van der Waals surface area contributed by atoms with Crippen molar-refractivity contribution >= 4 is 66.6 Å². The number of hydrogen-bond donors (Lipinski definition) is 0. The molecule has 4 heteroatoms. The Morgan fingerprint density at radius 2 is 1.17 bits per heavy atom. The van der Waals surface area contributed by atoms with Gasteiger partial charge < -0.3 is 0 Å². The van der Waals surface area contributed by atoms with Gasteiger partial charge in [-0.2, -0.15) is 0 Å². The maximum absolute atomic E-state index is 6.26. The quantitative estimate of drug-likeness (QED) is 0.481. The second-order valence-electron chi connectivity index (χ2n) is 5.93. The van der Waals surface area contributed by atoms with Crippen LogP contribution in [0.5, 0.6) is 0 Å². The van der Waals surface area contributed by atoms with Gasteiger partial charge in [-0.3, -0.25) is 0 Å². The number of hydrogen-bond acceptors (Lipinski definition) is 0. The van der Waals surface area contributed by atoms with Crippen molar-refractivity contribution in [3.05, 3.63) is 85.8 Å². The molecular formula is C20H16BBr2Cl. The minimum absolute atomic E-state index is 0.133. The summed E-state index contributed by atoms with van der Waals surface area (Å²) >= 11 is 13.7. The lowest BCUT2D eigenvalue weighted by Gasteiger charge is -2.22. The van der Waals surface area contributed by atoms with E-state index in [4.69, 9.17) is 11.6 Å². The summed E-state index contributed by atoms with van der Waals surface area (Å²) in [6.45, 7) is 4.40. The monoisotopic (exact) mass is 460 g/mol. The highest BCUT2D eigenvalue weighted by atomic mass is 79.9. The van der Waals surface area contributed by atoms with Gasteiger partial charge in [-0.15, -0.1) is 0 Å². The number of benzene rings is 3. The van der Waals surface area contributed by atoms with E-state index in [1.165, 1.54) is 27.5 Å². The van der Waals surface area contributed by atoms with E-state index in [-0.39, 0.29) is 6.71 Å². The summed E-state index contributed by atoms with van der Waals surface area (Å²) in [5, 5.41) is 0.784. The lowest BCUT2D eigenvalue weighted by Crippen LogP contribution is -2.54. The van der Waals surface area contributed by atoms with Gasteiger partial charge in [-0.1, -0.05) is 107 Å². The van der Waals surface area contributed by atoms with Crippen molar-refractivity contribution in [2.75, 3.05) is 0 Å². The van der Waals surface area contributed by atoms with Crippen LogP contribution in [0.15, 0.2) is 69.6 Å². The molecule has 0 radical (unpaired) electrons. The van der Waals surface area contributed by atoms with Crippen molar-refractivity contribution in [1.82, 2.24) is 0 Å². The predicted molar refractivity (Wildman–Crippen MR) is 114 cm³/mol. The van der Waals surface area contributed by atoms with E-state index in [2.05, 4.69) is 82.1 Å². The molecule has 3 aromatic rings. The van der Waals surface area contributed by atoms with E-state index in [0.29, 0.717) is 0 Å². The van der Waals surface area contributed by atoms with Crippen molar-refractivity contribution in [3.8, 4) is 0 Å². The van der Waals surface area contributed by atoms with Gasteiger partial charge in [0.2, 0.25) is 6.71 Å². The average molecular weight is 462 g/mol. The Balaban J connectivity index is 2.33. The van der Waals surface area contributed by atoms with E-state index in [9.17, 15) is 0 Å². The van der Waals surface area contributed by atoms with Crippen LogP contribution in [0.4, 0.5) is 0 Å². The summed E-state index contributed by atoms with van der Waals surface area (Å²) in [7, 11) is 0. The van der Waals surface area contributed by atoms with E-state index < -0.39 is 0 Å². The van der Waals surface area contributed by atoms with Gasteiger partial charge in [0.15, 0.2) is 0 Å². The zero-order valence-electron chi connectivity index (χ0n) is 13.5. The molecule has 0 aliphatic heterocycles. The molecule has 0 N–H and O–H groups in total. The molecule has 3 rings (SSSR count). The second-order valence-corrected chi connectivity index (χ2v) is 8.07. The third-order valence-corrected chi connectivity index (χ3v) is 5.94. The number of aryl methyl sites for hydroxylation is 2. The highest BCUT2D eigenvalue weighted by Crippen LogP contribution is 2.17. The van der Waals surface area contributed by atoms with E-state index in [1.54, 1.807) is 0 Å². The lowest BCUT2D eigenvalue weighted by molar-refractivity contribution is 1.42. The van der Waals surface area contributed by atoms with Gasteiger partial charge in [0.05, 0.1) is 0 Å². The van der Waals surface area contributed by atoms with Gasteiger partial charge in [-0.25, -0.2) is 0 Å².